The summed E-state index contributed by atoms with van der Waals surface area (Å²) in [5.41, 5.74) is 2.71. The van der Waals surface area contributed by atoms with Crippen LogP contribution >= 0.6 is 15.9 Å². The summed E-state index contributed by atoms with van der Waals surface area (Å²) in [6, 6.07) is 5.76. The fourth-order valence-corrected chi connectivity index (χ4v) is 4.65. The first-order chi connectivity index (χ1) is 14.0. The normalized spacial score (nSPS) is 21.9. The van der Waals surface area contributed by atoms with Crippen molar-refractivity contribution in [1.82, 2.24) is 14.9 Å². The molecule has 1 spiro atoms. The molecule has 1 aliphatic carbocycles. The van der Waals surface area contributed by atoms with Crippen LogP contribution in [0.1, 0.15) is 53.3 Å². The van der Waals surface area contributed by atoms with Gasteiger partial charge in [0.2, 0.25) is 11.9 Å². The molecular weight excluding hydrogens is 436 g/mol. The van der Waals surface area contributed by atoms with Crippen molar-refractivity contribution in [3.8, 4) is 0 Å². The van der Waals surface area contributed by atoms with Crippen molar-refractivity contribution >= 4 is 33.7 Å². The Morgan fingerprint density at radius 1 is 1.31 bits per heavy atom. The lowest BCUT2D eigenvalue weighted by atomic mass is 9.86. The fourth-order valence-electron chi connectivity index (χ4n) is 4.29. The van der Waals surface area contributed by atoms with E-state index in [9.17, 15) is 9.59 Å². The minimum atomic E-state index is -0.292. The molecule has 150 valence electrons. The summed E-state index contributed by atoms with van der Waals surface area (Å²) < 4.78 is 6.60. The molecule has 1 saturated carbocycles. The van der Waals surface area contributed by atoms with Crippen molar-refractivity contribution in [3.63, 3.8) is 0 Å². The number of nitrogens with zero attached hydrogens (tertiary/aromatic N) is 3. The number of hydrogen-bond acceptors (Lipinski definition) is 5. The van der Waals surface area contributed by atoms with Crippen LogP contribution in [-0.2, 0) is 14.9 Å². The predicted molar refractivity (Wildman–Crippen MR) is 110 cm³/mol. The Labute approximate surface area is 177 Å². The van der Waals surface area contributed by atoms with Crippen molar-refractivity contribution < 1.29 is 14.3 Å². The van der Waals surface area contributed by atoms with E-state index in [4.69, 9.17) is 4.74 Å². The molecule has 3 heterocycles. The minimum absolute atomic E-state index is 0.00701. The number of rotatable bonds is 4. The Bertz CT molecular complexity index is 968. The van der Waals surface area contributed by atoms with Gasteiger partial charge in [-0.05, 0) is 49.4 Å². The average Bonchev–Trinajstić information content (AvgIpc) is 3.27. The van der Waals surface area contributed by atoms with Crippen molar-refractivity contribution in [2.45, 2.75) is 37.2 Å². The van der Waals surface area contributed by atoms with Gasteiger partial charge in [0, 0.05) is 46.6 Å². The van der Waals surface area contributed by atoms with Gasteiger partial charge in [-0.3, -0.25) is 14.9 Å². The summed E-state index contributed by atoms with van der Waals surface area (Å²) in [4.78, 5) is 35.6. The maximum atomic E-state index is 12.9. The van der Waals surface area contributed by atoms with E-state index in [0.29, 0.717) is 12.1 Å². The zero-order chi connectivity index (χ0) is 20.0. The molecule has 1 saturated heterocycles. The van der Waals surface area contributed by atoms with Gasteiger partial charge in [-0.1, -0.05) is 15.9 Å². The van der Waals surface area contributed by atoms with E-state index >= 15 is 0 Å². The smallest absolute Gasteiger partial charge is 0.254 e. The second-order valence-corrected chi connectivity index (χ2v) is 8.94. The maximum absolute atomic E-state index is 12.9. The second-order valence-electron chi connectivity index (χ2n) is 8.02. The number of carbonyl (C=O) groups is 2. The molecule has 1 unspecified atom stereocenters. The molecule has 2 amide bonds. The minimum Gasteiger partial charge on any atom is -0.373 e. The van der Waals surface area contributed by atoms with E-state index < -0.39 is 0 Å². The molecular formula is C21H21BrN4O3. The molecule has 0 radical (unpaired) electrons. The van der Waals surface area contributed by atoms with Crippen LogP contribution in [0.25, 0.3) is 0 Å². The first-order valence-electron chi connectivity index (χ1n) is 9.87. The van der Waals surface area contributed by atoms with Gasteiger partial charge in [0.15, 0.2) is 0 Å². The van der Waals surface area contributed by atoms with Crippen LogP contribution in [0, 0.1) is 0 Å². The number of fused-ring (bicyclic) bond motifs is 2. The Morgan fingerprint density at radius 2 is 2.10 bits per heavy atom. The van der Waals surface area contributed by atoms with Crippen LogP contribution in [0.4, 0.5) is 5.95 Å². The molecule has 3 aliphatic rings. The zero-order valence-corrected chi connectivity index (χ0v) is 17.4. The third-order valence-electron chi connectivity index (χ3n) is 5.98. The highest BCUT2D eigenvalue weighted by Crippen LogP contribution is 2.52. The Balaban J connectivity index is 1.26. The predicted octanol–water partition coefficient (Wildman–Crippen LogP) is 3.22. The van der Waals surface area contributed by atoms with Crippen molar-refractivity contribution in [3.05, 3.63) is 51.8 Å². The highest BCUT2D eigenvalue weighted by Gasteiger charge is 2.51. The number of amides is 2. The van der Waals surface area contributed by atoms with Crippen LogP contribution in [0.2, 0.25) is 0 Å². The standard InChI is InChI=1S/C21H21BrN4O3/c22-14-3-4-15-16(8-14)21(5-6-21)12-26(19(15)28)11-18(27)25-20-23-9-13(10-24-20)17-2-1-7-29-17/h3-4,8-10,17H,1-2,5-7,11-12H2,(H,23,24,25,27). The molecule has 7 nitrogen and oxygen atoms in total. The van der Waals surface area contributed by atoms with Gasteiger partial charge in [0.25, 0.3) is 5.91 Å². The number of carbonyl (C=O) groups excluding carboxylic acids is 2. The molecule has 1 atom stereocenters. The van der Waals surface area contributed by atoms with E-state index in [0.717, 1.165) is 47.9 Å². The lowest BCUT2D eigenvalue weighted by Crippen LogP contribution is -2.46. The topological polar surface area (TPSA) is 84.4 Å². The number of benzene rings is 1. The van der Waals surface area contributed by atoms with Crippen LogP contribution in [0.5, 0.6) is 0 Å². The number of nitrogens with one attached hydrogen (secondary N) is 1. The van der Waals surface area contributed by atoms with Gasteiger partial charge in [-0.2, -0.15) is 0 Å². The average molecular weight is 457 g/mol. The van der Waals surface area contributed by atoms with Gasteiger partial charge < -0.3 is 9.64 Å². The van der Waals surface area contributed by atoms with Gasteiger partial charge in [0.05, 0.1) is 6.10 Å². The number of anilines is 1. The third-order valence-corrected chi connectivity index (χ3v) is 6.47. The van der Waals surface area contributed by atoms with Crippen molar-refractivity contribution in [2.24, 2.45) is 0 Å². The van der Waals surface area contributed by atoms with E-state index in [1.807, 2.05) is 18.2 Å². The summed E-state index contributed by atoms with van der Waals surface area (Å²) in [6.07, 6.45) is 7.50. The SMILES string of the molecule is O=C(CN1CC2(CC2)c2cc(Br)ccc2C1=O)Nc1ncc(C2CCCO2)cn1. The molecule has 0 bridgehead atoms. The molecule has 1 N–H and O–H groups in total. The second kappa shape index (κ2) is 7.18. The van der Waals surface area contributed by atoms with Crippen molar-refractivity contribution in [2.75, 3.05) is 25.0 Å². The van der Waals surface area contributed by atoms with Gasteiger partial charge in [0.1, 0.15) is 6.54 Å². The van der Waals surface area contributed by atoms with E-state index in [1.54, 1.807) is 17.3 Å². The molecule has 5 rings (SSSR count). The molecule has 2 aromatic rings. The molecule has 2 fully saturated rings. The van der Waals surface area contributed by atoms with Crippen LogP contribution in [-0.4, -0.2) is 46.4 Å². The molecule has 1 aromatic carbocycles. The number of ether oxygens (including phenoxy) is 1. The lowest BCUT2D eigenvalue weighted by molar-refractivity contribution is -0.117. The van der Waals surface area contributed by atoms with Crippen molar-refractivity contribution in [1.29, 1.82) is 0 Å². The molecule has 2 aliphatic heterocycles. The van der Waals surface area contributed by atoms with E-state index in [1.165, 1.54) is 0 Å². The van der Waals surface area contributed by atoms with E-state index in [2.05, 4.69) is 31.2 Å². The largest absolute Gasteiger partial charge is 0.373 e. The summed E-state index contributed by atoms with van der Waals surface area (Å²) in [5.74, 6) is -0.152. The summed E-state index contributed by atoms with van der Waals surface area (Å²) in [5, 5.41) is 2.71. The van der Waals surface area contributed by atoms with Gasteiger partial charge in [-0.15, -0.1) is 0 Å². The van der Waals surface area contributed by atoms with Gasteiger partial charge in [-0.25, -0.2) is 9.97 Å². The fraction of sp³-hybridized carbons (Fsp3) is 0.429. The first-order valence-corrected chi connectivity index (χ1v) is 10.7. The highest BCUT2D eigenvalue weighted by atomic mass is 79.9. The van der Waals surface area contributed by atoms with Crippen LogP contribution in [0.15, 0.2) is 35.1 Å². The van der Waals surface area contributed by atoms with Gasteiger partial charge >= 0.3 is 0 Å². The highest BCUT2D eigenvalue weighted by molar-refractivity contribution is 9.10. The molecule has 1 aromatic heterocycles. The lowest BCUT2D eigenvalue weighted by Gasteiger charge is -2.34. The maximum Gasteiger partial charge on any atom is 0.254 e. The number of hydrogen-bond donors (Lipinski definition) is 1. The number of halogens is 1. The molecule has 29 heavy (non-hydrogen) atoms. The van der Waals surface area contributed by atoms with Crippen LogP contribution < -0.4 is 5.32 Å². The third kappa shape index (κ3) is 3.55. The first kappa shape index (κ1) is 18.7. The quantitative estimate of drug-likeness (QED) is 0.763. The number of aromatic nitrogens is 2. The Morgan fingerprint density at radius 3 is 2.79 bits per heavy atom. The Hall–Kier alpha value is -2.32. The molecule has 8 heteroatoms. The Kier molecular flexibility index (Phi) is 4.63. The monoisotopic (exact) mass is 456 g/mol. The zero-order valence-electron chi connectivity index (χ0n) is 15.9. The van der Waals surface area contributed by atoms with Crippen LogP contribution in [0.3, 0.4) is 0 Å². The summed E-state index contributed by atoms with van der Waals surface area (Å²) >= 11 is 3.50. The summed E-state index contributed by atoms with van der Waals surface area (Å²) in [6.45, 7) is 1.32. The van der Waals surface area contributed by atoms with E-state index in [-0.39, 0.29) is 35.8 Å². The summed E-state index contributed by atoms with van der Waals surface area (Å²) in [7, 11) is 0.